The predicted octanol–water partition coefficient (Wildman–Crippen LogP) is 5.13. The summed E-state index contributed by atoms with van der Waals surface area (Å²) in [5.74, 6) is 1.02. The van der Waals surface area contributed by atoms with Crippen molar-refractivity contribution < 1.29 is 23.4 Å². The fourth-order valence-corrected chi connectivity index (χ4v) is 5.80. The minimum atomic E-state index is -0.505. The lowest BCUT2D eigenvalue weighted by Crippen LogP contribution is -2.48. The van der Waals surface area contributed by atoms with E-state index in [-0.39, 0.29) is 30.3 Å². The summed E-state index contributed by atoms with van der Waals surface area (Å²) in [4.78, 5) is 26.4. The van der Waals surface area contributed by atoms with E-state index in [9.17, 15) is 9.18 Å². The van der Waals surface area contributed by atoms with Crippen LogP contribution in [0, 0.1) is 17.1 Å². The first-order chi connectivity index (χ1) is 21.3. The Kier molecular flexibility index (Phi) is 8.66. The summed E-state index contributed by atoms with van der Waals surface area (Å²) in [5, 5.41) is 9.44. The monoisotopic (exact) mass is 618 g/mol. The van der Waals surface area contributed by atoms with E-state index in [1.807, 2.05) is 18.2 Å². The highest BCUT2D eigenvalue weighted by atomic mass is 35.5. The molecule has 228 valence electrons. The van der Waals surface area contributed by atoms with Gasteiger partial charge in [0.15, 0.2) is 0 Å². The third-order valence-electron chi connectivity index (χ3n) is 8.25. The zero-order valence-electron chi connectivity index (χ0n) is 24.5. The van der Waals surface area contributed by atoms with Crippen molar-refractivity contribution in [1.29, 1.82) is 5.26 Å². The molecule has 2 aromatic heterocycles. The maximum Gasteiger partial charge on any atom is 0.337 e. The number of nitrogens with zero attached hydrogens (tertiary/aromatic N) is 6. The number of anilines is 1. The van der Waals surface area contributed by atoms with Gasteiger partial charge in [-0.25, -0.2) is 14.2 Å². The number of hydrogen-bond acceptors (Lipinski definition) is 9. The number of esters is 1. The molecular formula is C32H32ClFN6O4. The number of benzene rings is 2. The van der Waals surface area contributed by atoms with Crippen LogP contribution in [0.5, 0.6) is 5.88 Å². The molecule has 0 bridgehead atoms. The van der Waals surface area contributed by atoms with Gasteiger partial charge in [0.25, 0.3) is 0 Å². The van der Waals surface area contributed by atoms with Gasteiger partial charge < -0.3 is 23.7 Å². The molecule has 2 aliphatic heterocycles. The Labute approximate surface area is 259 Å². The summed E-state index contributed by atoms with van der Waals surface area (Å²) in [7, 11) is 1.38. The lowest BCUT2D eigenvalue weighted by Gasteiger charge is -2.38. The summed E-state index contributed by atoms with van der Waals surface area (Å²) in [6, 6.07) is 15.1. The van der Waals surface area contributed by atoms with Gasteiger partial charge in [0, 0.05) is 49.4 Å². The summed E-state index contributed by atoms with van der Waals surface area (Å²) in [6.07, 6.45) is 1.11. The minimum Gasteiger partial charge on any atom is -0.473 e. The summed E-state index contributed by atoms with van der Waals surface area (Å²) in [6.45, 7) is 6.49. The standard InChI is InChI=1S/C32H32ClFN6O4/c1-20(31-36-27-6-5-22(32(41)42-2)14-28(27)40(31)18-25-7-12-43-25)38-8-10-39(11-9-38)29-15-24(33)16-30(37-29)44-19-23-4-3-21(17-35)13-26(23)34/h3-6,13-16,20,25H,7-12,18-19H2,1-2H3. The fourth-order valence-electron chi connectivity index (χ4n) is 5.61. The van der Waals surface area contributed by atoms with E-state index in [4.69, 9.17) is 36.1 Å². The Morgan fingerprint density at radius 3 is 2.64 bits per heavy atom. The summed E-state index contributed by atoms with van der Waals surface area (Å²) < 4.78 is 33.0. The first kappa shape index (κ1) is 29.8. The molecule has 44 heavy (non-hydrogen) atoms. The normalized spacial score (nSPS) is 17.6. The van der Waals surface area contributed by atoms with Gasteiger partial charge in [0.1, 0.15) is 24.1 Å². The van der Waals surface area contributed by atoms with Gasteiger partial charge in [-0.2, -0.15) is 10.2 Å². The maximum absolute atomic E-state index is 14.3. The van der Waals surface area contributed by atoms with Gasteiger partial charge in [-0.1, -0.05) is 17.7 Å². The molecule has 12 heteroatoms. The van der Waals surface area contributed by atoms with Crippen molar-refractivity contribution in [2.45, 2.75) is 38.6 Å². The minimum absolute atomic E-state index is 0.0136. The molecule has 2 fully saturated rings. The number of methoxy groups -OCH3 is 1. The van der Waals surface area contributed by atoms with Gasteiger partial charge in [0.05, 0.1) is 54.0 Å². The molecule has 2 unspecified atom stereocenters. The second-order valence-electron chi connectivity index (χ2n) is 10.9. The van der Waals surface area contributed by atoms with Crippen LogP contribution in [0.4, 0.5) is 10.2 Å². The molecule has 0 saturated carbocycles. The van der Waals surface area contributed by atoms with Crippen LogP contribution >= 0.6 is 11.6 Å². The lowest BCUT2D eigenvalue weighted by molar-refractivity contribution is -0.0594. The second-order valence-corrected chi connectivity index (χ2v) is 11.4. The molecular weight excluding hydrogens is 587 g/mol. The van der Waals surface area contributed by atoms with Crippen molar-refractivity contribution in [2.24, 2.45) is 0 Å². The topological polar surface area (TPSA) is 106 Å². The van der Waals surface area contributed by atoms with E-state index < -0.39 is 5.82 Å². The largest absolute Gasteiger partial charge is 0.473 e. The van der Waals surface area contributed by atoms with E-state index in [0.717, 1.165) is 43.0 Å². The van der Waals surface area contributed by atoms with Crippen LogP contribution in [-0.4, -0.2) is 71.4 Å². The highest BCUT2D eigenvalue weighted by molar-refractivity contribution is 6.30. The van der Waals surface area contributed by atoms with Gasteiger partial charge in [-0.05, 0) is 49.7 Å². The molecule has 0 aliphatic carbocycles. The van der Waals surface area contributed by atoms with Gasteiger partial charge in [0.2, 0.25) is 5.88 Å². The number of rotatable bonds is 9. The number of hydrogen-bond donors (Lipinski definition) is 0. The van der Waals surface area contributed by atoms with Crippen LogP contribution in [0.2, 0.25) is 5.02 Å². The molecule has 2 aliphatic rings. The molecule has 2 saturated heterocycles. The molecule has 0 spiro atoms. The average molecular weight is 619 g/mol. The van der Waals surface area contributed by atoms with E-state index in [0.29, 0.717) is 47.5 Å². The SMILES string of the molecule is COC(=O)c1ccc2nc(C(C)N3CCN(c4cc(Cl)cc(OCc5ccc(C#N)cc5F)n4)CC3)n(CC3CCO3)c2c1. The number of nitriles is 1. The number of fused-ring (bicyclic) bond motifs is 1. The third-order valence-corrected chi connectivity index (χ3v) is 8.47. The quantitative estimate of drug-likeness (QED) is 0.236. The van der Waals surface area contributed by atoms with Gasteiger partial charge >= 0.3 is 5.97 Å². The fraction of sp³-hybridized carbons (Fsp3) is 0.375. The highest BCUT2D eigenvalue weighted by Gasteiger charge is 2.29. The van der Waals surface area contributed by atoms with Crippen LogP contribution in [0.25, 0.3) is 11.0 Å². The van der Waals surface area contributed by atoms with Gasteiger partial charge in [-0.3, -0.25) is 4.90 Å². The summed E-state index contributed by atoms with van der Waals surface area (Å²) in [5.41, 5.74) is 2.78. The Balaban J connectivity index is 1.15. The number of aromatic nitrogens is 3. The first-order valence-electron chi connectivity index (χ1n) is 14.5. The molecule has 2 aromatic carbocycles. The van der Waals surface area contributed by atoms with Crippen LogP contribution < -0.4 is 9.64 Å². The number of carbonyl (C=O) groups is 1. The smallest absolute Gasteiger partial charge is 0.337 e. The number of ether oxygens (including phenoxy) is 3. The van der Waals surface area contributed by atoms with Gasteiger partial charge in [-0.15, -0.1) is 0 Å². The zero-order valence-corrected chi connectivity index (χ0v) is 25.3. The van der Waals surface area contributed by atoms with E-state index in [2.05, 4.69) is 26.3 Å². The Bertz CT molecular complexity index is 1730. The molecule has 4 aromatic rings. The van der Waals surface area contributed by atoms with E-state index in [1.165, 1.54) is 19.2 Å². The van der Waals surface area contributed by atoms with E-state index >= 15 is 0 Å². The second kappa shape index (κ2) is 12.8. The van der Waals surface area contributed by atoms with Crippen LogP contribution in [0.15, 0.2) is 48.5 Å². The van der Waals surface area contributed by atoms with Crippen LogP contribution in [-0.2, 0) is 22.6 Å². The lowest BCUT2D eigenvalue weighted by atomic mass is 10.1. The third kappa shape index (κ3) is 6.19. The highest BCUT2D eigenvalue weighted by Crippen LogP contribution is 2.30. The molecule has 0 amide bonds. The first-order valence-corrected chi connectivity index (χ1v) is 14.9. The number of piperazine rings is 1. The van der Waals surface area contributed by atoms with Crippen LogP contribution in [0.1, 0.15) is 46.7 Å². The number of carbonyl (C=O) groups excluding carboxylic acids is 1. The van der Waals surface area contributed by atoms with Crippen molar-refractivity contribution in [2.75, 3.05) is 44.8 Å². The average Bonchev–Trinajstić information content (AvgIpc) is 3.38. The predicted molar refractivity (Wildman–Crippen MR) is 162 cm³/mol. The van der Waals surface area contributed by atoms with Crippen molar-refractivity contribution >= 4 is 34.4 Å². The number of imidazole rings is 1. The summed E-state index contributed by atoms with van der Waals surface area (Å²) >= 11 is 6.42. The van der Waals surface area contributed by atoms with Crippen molar-refractivity contribution in [3.63, 3.8) is 0 Å². The Morgan fingerprint density at radius 1 is 1.16 bits per heavy atom. The number of halogens is 2. The molecule has 0 radical (unpaired) electrons. The van der Waals surface area contributed by atoms with Crippen molar-refractivity contribution in [3.8, 4) is 11.9 Å². The number of pyridine rings is 1. The van der Waals surface area contributed by atoms with Crippen molar-refractivity contribution in [1.82, 2.24) is 19.4 Å². The Morgan fingerprint density at radius 2 is 1.95 bits per heavy atom. The van der Waals surface area contributed by atoms with Crippen molar-refractivity contribution in [3.05, 3.63) is 81.9 Å². The molecule has 0 N–H and O–H groups in total. The van der Waals surface area contributed by atoms with Crippen LogP contribution in [0.3, 0.4) is 0 Å². The molecule has 6 rings (SSSR count). The molecule has 10 nitrogen and oxygen atoms in total. The Hall–Kier alpha value is -4.24. The zero-order chi connectivity index (χ0) is 30.8. The molecule has 2 atom stereocenters. The molecule has 4 heterocycles. The maximum atomic E-state index is 14.3. The van der Waals surface area contributed by atoms with E-state index in [1.54, 1.807) is 24.3 Å².